The first kappa shape index (κ1) is 18.0. The largest absolute Gasteiger partial charge is 0.480 e. The van der Waals surface area contributed by atoms with Gasteiger partial charge in [-0.3, -0.25) is 9.69 Å². The minimum absolute atomic E-state index is 0.0869. The first-order valence-corrected chi connectivity index (χ1v) is 8.85. The summed E-state index contributed by atoms with van der Waals surface area (Å²) in [5, 5.41) is 9.65. The van der Waals surface area contributed by atoms with Gasteiger partial charge >= 0.3 is 5.97 Å². The summed E-state index contributed by atoms with van der Waals surface area (Å²) in [7, 11) is 2.13. The van der Waals surface area contributed by atoms with Crippen molar-refractivity contribution in [3.8, 4) is 0 Å². The van der Waals surface area contributed by atoms with Crippen LogP contribution in [0.15, 0.2) is 30.3 Å². The van der Waals surface area contributed by atoms with E-state index in [2.05, 4.69) is 37.0 Å². The van der Waals surface area contributed by atoms with Crippen molar-refractivity contribution in [1.82, 2.24) is 4.90 Å². The van der Waals surface area contributed by atoms with E-state index in [0.29, 0.717) is 6.42 Å². The van der Waals surface area contributed by atoms with Crippen molar-refractivity contribution in [3.05, 3.63) is 35.9 Å². The molecule has 0 amide bonds. The van der Waals surface area contributed by atoms with Crippen LogP contribution in [-0.4, -0.2) is 42.5 Å². The molecule has 1 heterocycles. The monoisotopic (exact) mass is 316 g/mol. The zero-order valence-corrected chi connectivity index (χ0v) is 14.2. The zero-order valence-electron chi connectivity index (χ0n) is 14.2. The summed E-state index contributed by atoms with van der Waals surface area (Å²) in [5.41, 5.74) is 6.60. The molecular weight excluding hydrogens is 287 g/mol. The minimum atomic E-state index is -1.05. The first-order valence-electron chi connectivity index (χ1n) is 8.85. The molecule has 1 aliphatic heterocycles. The Balaban J connectivity index is 1.89. The third kappa shape index (κ3) is 4.82. The number of carbonyl (C=O) groups is 1. The van der Waals surface area contributed by atoms with Crippen molar-refractivity contribution >= 4 is 13.8 Å². The number of hydrogen-bond donors (Lipinski definition) is 2. The van der Waals surface area contributed by atoms with Crippen LogP contribution in [0.25, 0.3) is 0 Å². The Hall–Kier alpha value is -1.33. The molecule has 5 heteroatoms. The second kappa shape index (κ2) is 8.51. The molecule has 1 aromatic rings. The summed E-state index contributed by atoms with van der Waals surface area (Å²) in [6.45, 7) is 2.80. The van der Waals surface area contributed by atoms with Crippen molar-refractivity contribution < 1.29 is 9.90 Å². The number of nitrogens with two attached hydrogens (primary N) is 1. The third-order valence-electron chi connectivity index (χ3n) is 5.16. The SMILES string of the molecule is BCCCCC(N)(C(=O)O)C1CCN(Cc2ccccc2)CC1. The number of carboxylic acid groups (broad SMARTS) is 1. The van der Waals surface area contributed by atoms with Crippen molar-refractivity contribution in [2.75, 3.05) is 13.1 Å². The van der Waals surface area contributed by atoms with E-state index in [4.69, 9.17) is 5.73 Å². The van der Waals surface area contributed by atoms with E-state index in [1.165, 1.54) is 5.56 Å². The molecule has 1 unspecified atom stereocenters. The van der Waals surface area contributed by atoms with Gasteiger partial charge in [0.1, 0.15) is 13.4 Å². The van der Waals surface area contributed by atoms with Crippen LogP contribution in [0.2, 0.25) is 6.32 Å². The number of rotatable bonds is 8. The second-order valence-corrected chi connectivity index (χ2v) is 6.84. The molecule has 3 N–H and O–H groups in total. The van der Waals surface area contributed by atoms with Crippen LogP contribution >= 0.6 is 0 Å². The van der Waals surface area contributed by atoms with Crippen LogP contribution in [0.3, 0.4) is 0 Å². The Morgan fingerprint density at radius 2 is 1.91 bits per heavy atom. The van der Waals surface area contributed by atoms with E-state index >= 15 is 0 Å². The molecule has 126 valence electrons. The van der Waals surface area contributed by atoms with Gasteiger partial charge in [0.25, 0.3) is 0 Å². The van der Waals surface area contributed by atoms with Gasteiger partial charge in [0.05, 0.1) is 0 Å². The van der Waals surface area contributed by atoms with Crippen LogP contribution in [0.5, 0.6) is 0 Å². The average Bonchev–Trinajstić information content (AvgIpc) is 2.56. The molecule has 1 saturated heterocycles. The maximum absolute atomic E-state index is 11.7. The molecule has 1 aromatic carbocycles. The molecule has 2 rings (SSSR count). The van der Waals surface area contributed by atoms with Gasteiger partial charge in [0.2, 0.25) is 0 Å². The van der Waals surface area contributed by atoms with Crippen molar-refractivity contribution in [3.63, 3.8) is 0 Å². The Labute approximate surface area is 140 Å². The predicted molar refractivity (Wildman–Crippen MR) is 96.2 cm³/mol. The highest BCUT2D eigenvalue weighted by molar-refractivity contribution is 6.08. The van der Waals surface area contributed by atoms with Gasteiger partial charge in [-0.05, 0) is 43.8 Å². The number of aliphatic carboxylic acids is 1. The lowest BCUT2D eigenvalue weighted by Gasteiger charge is -2.40. The maximum atomic E-state index is 11.7. The van der Waals surface area contributed by atoms with E-state index in [-0.39, 0.29) is 5.92 Å². The average molecular weight is 316 g/mol. The molecule has 0 spiro atoms. The fourth-order valence-electron chi connectivity index (χ4n) is 3.60. The van der Waals surface area contributed by atoms with E-state index in [0.717, 1.165) is 51.6 Å². The lowest BCUT2D eigenvalue weighted by molar-refractivity contribution is -0.147. The molecule has 23 heavy (non-hydrogen) atoms. The third-order valence-corrected chi connectivity index (χ3v) is 5.16. The maximum Gasteiger partial charge on any atom is 0.323 e. The van der Waals surface area contributed by atoms with Crippen LogP contribution in [-0.2, 0) is 11.3 Å². The number of likely N-dealkylation sites (tertiary alicyclic amines) is 1. The van der Waals surface area contributed by atoms with Gasteiger partial charge in [0, 0.05) is 6.54 Å². The number of piperidine rings is 1. The number of benzene rings is 1. The van der Waals surface area contributed by atoms with Crippen molar-refractivity contribution in [1.29, 1.82) is 0 Å². The zero-order chi connectivity index (χ0) is 16.7. The van der Waals surface area contributed by atoms with Crippen LogP contribution in [0.4, 0.5) is 0 Å². The number of unbranched alkanes of at least 4 members (excludes halogenated alkanes) is 1. The Morgan fingerprint density at radius 1 is 1.26 bits per heavy atom. The van der Waals surface area contributed by atoms with Crippen LogP contribution in [0.1, 0.15) is 37.7 Å². The van der Waals surface area contributed by atoms with E-state index < -0.39 is 11.5 Å². The van der Waals surface area contributed by atoms with Crippen LogP contribution < -0.4 is 5.73 Å². The van der Waals surface area contributed by atoms with Crippen molar-refractivity contribution in [2.45, 2.75) is 50.5 Å². The molecule has 1 atom stereocenters. The molecule has 1 fully saturated rings. The summed E-state index contributed by atoms with van der Waals surface area (Å²) < 4.78 is 0. The van der Waals surface area contributed by atoms with E-state index in [1.54, 1.807) is 0 Å². The lowest BCUT2D eigenvalue weighted by Crippen LogP contribution is -2.56. The summed E-state index contributed by atoms with van der Waals surface area (Å²) in [6, 6.07) is 10.4. The summed E-state index contributed by atoms with van der Waals surface area (Å²) in [5.74, 6) is -0.737. The normalized spacial score (nSPS) is 19.3. The molecule has 0 aliphatic carbocycles. The van der Waals surface area contributed by atoms with Gasteiger partial charge in [0.15, 0.2) is 0 Å². The number of carboxylic acids is 1. The van der Waals surface area contributed by atoms with Crippen molar-refractivity contribution in [2.24, 2.45) is 11.7 Å². The Bertz CT molecular complexity index is 489. The van der Waals surface area contributed by atoms with Gasteiger partial charge in [-0.15, -0.1) is 0 Å². The molecule has 1 aliphatic rings. The smallest absolute Gasteiger partial charge is 0.323 e. The summed E-state index contributed by atoms with van der Waals surface area (Å²) >= 11 is 0. The second-order valence-electron chi connectivity index (χ2n) is 6.84. The van der Waals surface area contributed by atoms with E-state index in [1.807, 2.05) is 6.07 Å². The van der Waals surface area contributed by atoms with Gasteiger partial charge in [-0.25, -0.2) is 0 Å². The lowest BCUT2D eigenvalue weighted by atomic mass is 9.75. The first-order chi connectivity index (χ1) is 11.1. The molecule has 0 radical (unpaired) electrons. The topological polar surface area (TPSA) is 66.6 Å². The van der Waals surface area contributed by atoms with Crippen LogP contribution in [0, 0.1) is 5.92 Å². The van der Waals surface area contributed by atoms with E-state index in [9.17, 15) is 9.90 Å². The highest BCUT2D eigenvalue weighted by atomic mass is 16.4. The molecule has 0 saturated carbocycles. The fourth-order valence-corrected chi connectivity index (χ4v) is 3.60. The minimum Gasteiger partial charge on any atom is -0.480 e. The number of nitrogens with zero attached hydrogens (tertiary/aromatic N) is 1. The predicted octanol–water partition coefficient (Wildman–Crippen LogP) is 1.90. The highest BCUT2D eigenvalue weighted by Gasteiger charge is 2.42. The van der Waals surface area contributed by atoms with Gasteiger partial charge < -0.3 is 10.8 Å². The fraction of sp³-hybridized carbons (Fsp3) is 0.611. The molecular formula is C18H29BN2O2. The Kier molecular flexibility index (Phi) is 6.66. The molecule has 0 aromatic heterocycles. The summed E-state index contributed by atoms with van der Waals surface area (Å²) in [6.07, 6.45) is 5.40. The Morgan fingerprint density at radius 3 is 2.48 bits per heavy atom. The number of hydrogen-bond acceptors (Lipinski definition) is 3. The van der Waals surface area contributed by atoms with Gasteiger partial charge in [-0.1, -0.05) is 49.5 Å². The summed E-state index contributed by atoms with van der Waals surface area (Å²) in [4.78, 5) is 14.2. The van der Waals surface area contributed by atoms with Gasteiger partial charge in [-0.2, -0.15) is 0 Å². The quantitative estimate of drug-likeness (QED) is 0.568. The highest BCUT2D eigenvalue weighted by Crippen LogP contribution is 2.31. The standard InChI is InChI=1S/C18H29BN2O2/c19-11-5-4-10-18(20,17(22)23)16-8-12-21(13-9-16)14-15-6-2-1-3-7-15/h1-3,6-7,16H,4-5,8-14,19-20H2,(H,22,23). The molecule has 4 nitrogen and oxygen atoms in total. The molecule has 0 bridgehead atoms.